The monoisotopic (exact) mass is 785 g/mol. The number of carbonyl (C=O) groups is 2. The van der Waals surface area contributed by atoms with Gasteiger partial charge in [-0.05, 0) is 82.2 Å². The molecule has 2 atom stereocenters. The number of benzene rings is 1. The highest BCUT2D eigenvalue weighted by Gasteiger charge is 2.43. The zero-order valence-corrected chi connectivity index (χ0v) is 32.1. The van der Waals surface area contributed by atoms with E-state index in [1.165, 1.54) is 6.07 Å². The number of carbonyl (C=O) groups excluding carboxylic acids is 2. The smallest absolute Gasteiger partial charge is 0.410 e. The minimum atomic E-state index is -0.779. The average Bonchev–Trinajstić information content (AvgIpc) is 3.88. The van der Waals surface area contributed by atoms with Gasteiger partial charge in [-0.1, -0.05) is 34.4 Å². The second kappa shape index (κ2) is 17.0. The number of amides is 2. The largest absolute Gasteiger partial charge is 0.469 e. The molecule has 0 N–H and O–H groups in total. The Balaban J connectivity index is 1.19. The lowest BCUT2D eigenvalue weighted by molar-refractivity contribution is -0.139. The summed E-state index contributed by atoms with van der Waals surface area (Å²) in [6.45, 7) is 6.86. The molecular weight excluding hydrogens is 743 g/mol. The number of rotatable bonds is 13. The quantitative estimate of drug-likeness (QED) is 0.0972. The second-order valence-electron chi connectivity index (χ2n) is 14.6. The molecule has 3 aromatic heterocycles. The van der Waals surface area contributed by atoms with Gasteiger partial charge in [0.25, 0.3) is 0 Å². The van der Waals surface area contributed by atoms with E-state index in [9.17, 15) is 18.4 Å². The maximum atomic E-state index is 14.7. The van der Waals surface area contributed by atoms with Gasteiger partial charge in [-0.2, -0.15) is 0 Å². The van der Waals surface area contributed by atoms with E-state index in [0.29, 0.717) is 31.1 Å². The van der Waals surface area contributed by atoms with Gasteiger partial charge in [0.15, 0.2) is 12.4 Å². The first-order valence-corrected chi connectivity index (χ1v) is 18.7. The lowest BCUT2D eigenvalue weighted by Crippen LogP contribution is -2.51. The van der Waals surface area contributed by atoms with Crippen molar-refractivity contribution in [2.45, 2.75) is 83.6 Å². The summed E-state index contributed by atoms with van der Waals surface area (Å²) in [7, 11) is 1.66. The zero-order valence-electron chi connectivity index (χ0n) is 30.6. The Morgan fingerprint density at radius 3 is 2.52 bits per heavy atom. The maximum Gasteiger partial charge on any atom is 0.410 e. The van der Waals surface area contributed by atoms with Gasteiger partial charge >= 0.3 is 6.09 Å². The van der Waals surface area contributed by atoms with Crippen molar-refractivity contribution in [3.63, 3.8) is 0 Å². The molecule has 4 aromatic rings. The van der Waals surface area contributed by atoms with Crippen molar-refractivity contribution in [1.29, 1.82) is 0 Å². The van der Waals surface area contributed by atoms with Crippen LogP contribution in [0, 0.1) is 17.6 Å². The third-order valence-corrected chi connectivity index (χ3v) is 10.1. The number of piperidine rings is 1. The van der Waals surface area contributed by atoms with Crippen LogP contribution in [0.5, 0.6) is 5.88 Å². The fraction of sp³-hybridized carbons (Fsp3) is 0.462. The first-order chi connectivity index (χ1) is 25.8. The average molecular weight is 787 g/mol. The van der Waals surface area contributed by atoms with Crippen LogP contribution in [0.1, 0.15) is 75.0 Å². The predicted octanol–water partition coefficient (Wildman–Crippen LogP) is 8.41. The van der Waals surface area contributed by atoms with E-state index in [0.717, 1.165) is 54.6 Å². The highest BCUT2D eigenvalue weighted by molar-refractivity contribution is 6.33. The number of hydrogen-bond donors (Lipinski definition) is 0. The molecule has 54 heavy (non-hydrogen) atoms. The van der Waals surface area contributed by atoms with Gasteiger partial charge in [0.1, 0.15) is 22.9 Å². The number of likely N-dealkylation sites (tertiary alicyclic amines) is 1. The Kier molecular flexibility index (Phi) is 12.4. The Labute approximate surface area is 322 Å². The summed E-state index contributed by atoms with van der Waals surface area (Å²) in [6, 6.07) is 8.90. The third kappa shape index (κ3) is 9.66. The lowest BCUT2D eigenvalue weighted by atomic mass is 9.80. The number of ether oxygens (including phenoxy) is 3. The van der Waals surface area contributed by atoms with Gasteiger partial charge in [-0.15, -0.1) is 0 Å². The molecule has 0 radical (unpaired) electrons. The molecule has 1 aromatic carbocycles. The van der Waals surface area contributed by atoms with Crippen molar-refractivity contribution < 1.29 is 37.1 Å². The van der Waals surface area contributed by atoms with Gasteiger partial charge < -0.3 is 28.5 Å². The molecule has 4 heterocycles. The summed E-state index contributed by atoms with van der Waals surface area (Å²) in [5.41, 5.74) is 1.65. The van der Waals surface area contributed by atoms with Crippen LogP contribution in [0.2, 0.25) is 10.0 Å². The van der Waals surface area contributed by atoms with E-state index in [2.05, 4.69) is 15.1 Å². The topological polar surface area (TPSA) is 120 Å². The fourth-order valence-electron chi connectivity index (χ4n) is 6.55. The van der Waals surface area contributed by atoms with Crippen molar-refractivity contribution in [3.8, 4) is 17.1 Å². The van der Waals surface area contributed by atoms with Gasteiger partial charge in [0.05, 0.1) is 21.5 Å². The van der Waals surface area contributed by atoms with Crippen LogP contribution >= 0.6 is 23.2 Å². The van der Waals surface area contributed by atoms with Crippen LogP contribution in [-0.4, -0.2) is 75.4 Å². The molecule has 2 aliphatic rings. The van der Waals surface area contributed by atoms with E-state index in [1.807, 2.05) is 37.8 Å². The zero-order chi connectivity index (χ0) is 38.6. The van der Waals surface area contributed by atoms with E-state index < -0.39 is 34.3 Å². The van der Waals surface area contributed by atoms with Crippen LogP contribution in [0.3, 0.4) is 0 Å². The summed E-state index contributed by atoms with van der Waals surface area (Å²) in [5.74, 6) is -1.90. The van der Waals surface area contributed by atoms with Crippen LogP contribution < -0.4 is 4.74 Å². The van der Waals surface area contributed by atoms with Crippen molar-refractivity contribution in [3.05, 3.63) is 93.1 Å². The summed E-state index contributed by atoms with van der Waals surface area (Å²) < 4.78 is 50.4. The fourth-order valence-corrected chi connectivity index (χ4v) is 6.96. The number of nitrogens with zero attached hydrogens (tertiary/aromatic N) is 5. The molecule has 1 aliphatic carbocycles. The Morgan fingerprint density at radius 2 is 1.81 bits per heavy atom. The molecule has 11 nitrogen and oxygen atoms in total. The molecule has 288 valence electrons. The minimum Gasteiger partial charge on any atom is -0.469 e. The van der Waals surface area contributed by atoms with Gasteiger partial charge in [-0.3, -0.25) is 9.78 Å². The number of aryl methyl sites for hydroxylation is 1. The number of halogens is 4. The highest BCUT2D eigenvalue weighted by atomic mass is 35.5. The highest BCUT2D eigenvalue weighted by Crippen LogP contribution is 2.39. The van der Waals surface area contributed by atoms with Gasteiger partial charge in [0.2, 0.25) is 11.8 Å². The maximum absolute atomic E-state index is 14.7. The number of hydrogen-bond acceptors (Lipinski definition) is 9. The number of aromatic nitrogens is 3. The Bertz CT molecular complexity index is 1950. The number of pyridine rings is 2. The van der Waals surface area contributed by atoms with E-state index in [4.69, 9.17) is 41.9 Å². The van der Waals surface area contributed by atoms with Crippen molar-refractivity contribution in [2.75, 3.05) is 26.8 Å². The van der Waals surface area contributed by atoms with E-state index >= 15 is 0 Å². The molecule has 1 saturated heterocycles. The van der Waals surface area contributed by atoms with E-state index in [1.54, 1.807) is 30.5 Å². The second-order valence-corrected chi connectivity index (χ2v) is 15.4. The van der Waals surface area contributed by atoms with Gasteiger partial charge in [-0.25, -0.2) is 18.6 Å². The third-order valence-electron chi connectivity index (χ3n) is 9.37. The van der Waals surface area contributed by atoms with E-state index in [-0.39, 0.29) is 53.9 Å². The van der Waals surface area contributed by atoms with Crippen molar-refractivity contribution >= 4 is 35.2 Å². The predicted molar refractivity (Wildman–Crippen MR) is 197 cm³/mol. The Hall–Kier alpha value is -4.33. The van der Waals surface area contributed by atoms with Crippen LogP contribution in [0.15, 0.2) is 53.3 Å². The van der Waals surface area contributed by atoms with Gasteiger partial charge in [0, 0.05) is 75.5 Å². The number of methoxy groups -OCH3 is 1. The summed E-state index contributed by atoms with van der Waals surface area (Å²) >= 11 is 12.6. The van der Waals surface area contributed by atoms with Crippen molar-refractivity contribution in [1.82, 2.24) is 24.9 Å². The SMILES string of the molecule is COCCCc1cc(CN(C(=O)C2CN(C(=O)OC(C)(C)C)CCC2c2ccc(OCc3cc(-c4c(F)ccc(F)c4Cl)no3)nc2)C2CC2)c(Cl)cn1. The molecule has 0 spiro atoms. The molecule has 2 fully saturated rings. The normalized spacial score (nSPS) is 17.4. The molecule has 6 rings (SSSR count). The summed E-state index contributed by atoms with van der Waals surface area (Å²) in [4.78, 5) is 40.4. The summed E-state index contributed by atoms with van der Waals surface area (Å²) in [6.07, 6.45) is 6.65. The molecule has 2 amide bonds. The minimum absolute atomic E-state index is 0.0290. The first kappa shape index (κ1) is 39.4. The van der Waals surface area contributed by atoms with Crippen molar-refractivity contribution in [2.24, 2.45) is 5.92 Å². The molecule has 0 bridgehead atoms. The van der Waals surface area contributed by atoms with Crippen LogP contribution in [0.25, 0.3) is 11.3 Å². The molecular formula is C39H43Cl2F2N5O6. The van der Waals surface area contributed by atoms with Crippen LogP contribution in [-0.2, 0) is 33.8 Å². The molecule has 2 unspecified atom stereocenters. The molecule has 1 saturated carbocycles. The standard InChI is InChI=1S/C39H43Cl2F2N5O6/c1-39(2,3)53-38(50)47-14-13-28(29(21-47)37(49)48(26-8-9-26)20-24-16-25(6-5-15-51-4)44-19-30(24)40)23-7-12-34(45-18-23)52-22-27-17-33(46-54-27)35-31(42)10-11-32(43)36(35)41/h7,10-12,16-19,26,28-29H,5-6,8-9,13-15,20-22H2,1-4H3. The molecule has 15 heteroatoms. The Morgan fingerprint density at radius 1 is 1.04 bits per heavy atom. The molecule has 1 aliphatic heterocycles. The summed E-state index contributed by atoms with van der Waals surface area (Å²) in [5, 5.41) is 3.92. The lowest BCUT2D eigenvalue weighted by Gasteiger charge is -2.40. The first-order valence-electron chi connectivity index (χ1n) is 17.9. The van der Waals surface area contributed by atoms with Crippen LogP contribution in [0.4, 0.5) is 13.6 Å².